The molecule has 0 radical (unpaired) electrons. The molecule has 2 aromatic carbocycles. The molecule has 0 aliphatic carbocycles. The van der Waals surface area contributed by atoms with E-state index in [0.29, 0.717) is 13.2 Å². The van der Waals surface area contributed by atoms with E-state index in [1.165, 1.54) is 18.7 Å². The van der Waals surface area contributed by atoms with Gasteiger partial charge in [-0.2, -0.15) is 0 Å². The highest BCUT2D eigenvalue weighted by Crippen LogP contribution is 2.36. The van der Waals surface area contributed by atoms with Gasteiger partial charge in [-0.25, -0.2) is 23.1 Å². The molecule has 0 amide bonds. The summed E-state index contributed by atoms with van der Waals surface area (Å²) < 4.78 is 38.6. The number of piperidine rings is 1. The van der Waals surface area contributed by atoms with Crippen molar-refractivity contribution < 1.29 is 23.0 Å². The topological polar surface area (TPSA) is 126 Å². The summed E-state index contributed by atoms with van der Waals surface area (Å²) in [7, 11) is -2.30. The predicted octanol–water partition coefficient (Wildman–Crippen LogP) is 2.13. The van der Waals surface area contributed by atoms with Gasteiger partial charge in [0.25, 0.3) is 0 Å². The maximum Gasteiger partial charge on any atom is 0.243 e. The van der Waals surface area contributed by atoms with Crippen LogP contribution < -0.4 is 19.7 Å². The Morgan fingerprint density at radius 2 is 1.88 bits per heavy atom. The second kappa shape index (κ2) is 12.6. The number of nitrogens with one attached hydrogen (secondary N) is 2. The maximum atomic E-state index is 12.2. The van der Waals surface area contributed by atoms with Crippen molar-refractivity contribution in [1.82, 2.24) is 20.0 Å². The molecule has 10 nitrogen and oxygen atoms in total. The molecule has 2 aliphatic heterocycles. The molecule has 214 valence electrons. The van der Waals surface area contributed by atoms with E-state index in [2.05, 4.69) is 32.1 Å². The largest absolute Gasteiger partial charge is 0.489 e. The summed E-state index contributed by atoms with van der Waals surface area (Å²) in [5.74, 6) is 0.976. The number of sulfonamides is 1. The minimum atomic E-state index is -3.66. The van der Waals surface area contributed by atoms with Crippen molar-refractivity contribution >= 4 is 16.0 Å². The van der Waals surface area contributed by atoms with Crippen LogP contribution in [0.3, 0.4) is 0 Å². The number of anilines is 1. The van der Waals surface area contributed by atoms with E-state index in [4.69, 9.17) is 14.5 Å². The zero-order valence-electron chi connectivity index (χ0n) is 22.7. The molecule has 2 atom stereocenters. The van der Waals surface area contributed by atoms with Gasteiger partial charge in [0.2, 0.25) is 16.0 Å². The van der Waals surface area contributed by atoms with Gasteiger partial charge in [-0.3, -0.25) is 0 Å². The molecule has 5 rings (SSSR count). The summed E-state index contributed by atoms with van der Waals surface area (Å²) in [6.07, 6.45) is 4.46. The van der Waals surface area contributed by atoms with Gasteiger partial charge in [-0.05, 0) is 50.1 Å². The van der Waals surface area contributed by atoms with Crippen LogP contribution in [0.1, 0.15) is 30.5 Å². The van der Waals surface area contributed by atoms with E-state index in [0.717, 1.165) is 50.4 Å². The molecule has 0 bridgehead atoms. The van der Waals surface area contributed by atoms with Crippen LogP contribution in [-0.4, -0.2) is 81.1 Å². The lowest BCUT2D eigenvalue weighted by Gasteiger charge is -2.38. The molecule has 1 spiro atoms. The van der Waals surface area contributed by atoms with Crippen molar-refractivity contribution in [2.45, 2.75) is 48.3 Å². The molecule has 11 heteroatoms. The van der Waals surface area contributed by atoms with Crippen LogP contribution in [0.25, 0.3) is 0 Å². The minimum absolute atomic E-state index is 0.0275. The summed E-state index contributed by atoms with van der Waals surface area (Å²) in [5, 5.41) is 13.9. The van der Waals surface area contributed by atoms with E-state index >= 15 is 0 Å². The van der Waals surface area contributed by atoms with E-state index < -0.39 is 16.1 Å². The van der Waals surface area contributed by atoms with Crippen LogP contribution in [0.2, 0.25) is 0 Å². The molecule has 2 saturated heterocycles. The molecule has 3 N–H and O–H groups in total. The standard InChI is InChI=1S/C29H37N5O5S/c1-30-40(36,37)27-10-6-5-9-26(27)38-21-25(35)19-32-24-18-29(39-20-24)12-15-34(16-13-29)28-31-14-11-23(33-28)17-22-7-3-2-4-8-22/h2-11,14,24-25,30,32,35H,12-13,15-21H2,1H3/t24-,25+/m1/s1. The van der Waals surface area contributed by atoms with Crippen molar-refractivity contribution in [1.29, 1.82) is 0 Å². The Morgan fingerprint density at radius 3 is 2.65 bits per heavy atom. The Morgan fingerprint density at radius 1 is 1.12 bits per heavy atom. The smallest absolute Gasteiger partial charge is 0.243 e. The highest BCUT2D eigenvalue weighted by Gasteiger charge is 2.43. The van der Waals surface area contributed by atoms with Gasteiger partial charge >= 0.3 is 0 Å². The van der Waals surface area contributed by atoms with Gasteiger partial charge in [0.05, 0.1) is 17.9 Å². The van der Waals surface area contributed by atoms with Gasteiger partial charge in [0.15, 0.2) is 0 Å². The molecule has 2 fully saturated rings. The highest BCUT2D eigenvalue weighted by molar-refractivity contribution is 7.89. The van der Waals surface area contributed by atoms with Gasteiger partial charge < -0.3 is 24.8 Å². The fraction of sp³-hybridized carbons (Fsp3) is 0.448. The zero-order chi connectivity index (χ0) is 28.0. The lowest BCUT2D eigenvalue weighted by Crippen LogP contribution is -2.45. The number of aliphatic hydroxyl groups is 1. The van der Waals surface area contributed by atoms with Gasteiger partial charge in [0, 0.05) is 38.3 Å². The van der Waals surface area contributed by atoms with Crippen molar-refractivity contribution in [2.75, 3.05) is 44.8 Å². The fourth-order valence-electron chi connectivity index (χ4n) is 5.33. The number of rotatable bonds is 11. The van der Waals surface area contributed by atoms with Crippen LogP contribution in [0.4, 0.5) is 5.95 Å². The summed E-state index contributed by atoms with van der Waals surface area (Å²) in [5.41, 5.74) is 2.05. The number of nitrogens with zero attached hydrogens (tertiary/aromatic N) is 3. The number of ether oxygens (including phenoxy) is 2. The monoisotopic (exact) mass is 567 g/mol. The molecular formula is C29H37N5O5S. The van der Waals surface area contributed by atoms with Crippen molar-refractivity contribution in [3.05, 3.63) is 78.1 Å². The molecule has 0 unspecified atom stereocenters. The summed E-state index contributed by atoms with van der Waals surface area (Å²) in [4.78, 5) is 11.6. The van der Waals surface area contributed by atoms with E-state index in [9.17, 15) is 13.5 Å². The lowest BCUT2D eigenvalue weighted by molar-refractivity contribution is -0.0152. The van der Waals surface area contributed by atoms with Crippen molar-refractivity contribution in [3.63, 3.8) is 0 Å². The SMILES string of the molecule is CNS(=O)(=O)c1ccccc1OC[C@@H](O)CN[C@H]1COC2(CCN(c3nccc(Cc4ccccc4)n3)CC2)C1. The van der Waals surface area contributed by atoms with Crippen LogP contribution in [0, 0.1) is 0 Å². The Hall–Kier alpha value is -3.09. The Kier molecular flexibility index (Phi) is 8.97. The molecule has 1 aromatic heterocycles. The Bertz CT molecular complexity index is 1370. The van der Waals surface area contributed by atoms with E-state index in [1.807, 2.05) is 30.5 Å². The van der Waals surface area contributed by atoms with Crippen LogP contribution in [0.15, 0.2) is 71.8 Å². The lowest BCUT2D eigenvalue weighted by atomic mass is 9.87. The van der Waals surface area contributed by atoms with Gasteiger partial charge in [-0.15, -0.1) is 0 Å². The summed E-state index contributed by atoms with van der Waals surface area (Å²) >= 11 is 0. The van der Waals surface area contributed by atoms with Crippen molar-refractivity contribution in [2.24, 2.45) is 0 Å². The average molecular weight is 568 g/mol. The van der Waals surface area contributed by atoms with E-state index in [1.54, 1.807) is 18.2 Å². The Balaban J connectivity index is 1.07. The quantitative estimate of drug-likeness (QED) is 0.320. The minimum Gasteiger partial charge on any atom is -0.489 e. The zero-order valence-corrected chi connectivity index (χ0v) is 23.5. The molecular weight excluding hydrogens is 530 g/mol. The Labute approximate surface area is 235 Å². The first kappa shape index (κ1) is 28.4. The molecule has 3 aromatic rings. The molecule has 0 saturated carbocycles. The second-order valence-electron chi connectivity index (χ2n) is 10.4. The average Bonchev–Trinajstić information content (AvgIpc) is 3.38. The van der Waals surface area contributed by atoms with Gasteiger partial charge in [-0.1, -0.05) is 42.5 Å². The third-order valence-electron chi connectivity index (χ3n) is 7.58. The molecule has 2 aliphatic rings. The van der Waals surface area contributed by atoms with Crippen LogP contribution >= 0.6 is 0 Å². The summed E-state index contributed by atoms with van der Waals surface area (Å²) in [6, 6.07) is 18.8. The number of hydrogen-bond donors (Lipinski definition) is 3. The number of aromatic nitrogens is 2. The first-order valence-corrected chi connectivity index (χ1v) is 15.2. The normalized spacial score (nSPS) is 19.6. The van der Waals surface area contributed by atoms with Gasteiger partial charge in [0.1, 0.15) is 23.4 Å². The highest BCUT2D eigenvalue weighted by atomic mass is 32.2. The third kappa shape index (κ3) is 6.97. The first-order valence-electron chi connectivity index (χ1n) is 13.7. The number of aliphatic hydroxyl groups excluding tert-OH is 1. The summed E-state index contributed by atoms with van der Waals surface area (Å²) in [6.45, 7) is 2.53. The maximum absolute atomic E-state index is 12.2. The number of benzene rings is 2. The number of hydrogen-bond acceptors (Lipinski definition) is 9. The predicted molar refractivity (Wildman–Crippen MR) is 152 cm³/mol. The molecule has 40 heavy (non-hydrogen) atoms. The van der Waals surface area contributed by atoms with Crippen LogP contribution in [0.5, 0.6) is 5.75 Å². The van der Waals surface area contributed by atoms with E-state index in [-0.39, 0.29) is 28.9 Å². The fourth-order valence-corrected chi connectivity index (χ4v) is 6.20. The van der Waals surface area contributed by atoms with Crippen molar-refractivity contribution in [3.8, 4) is 5.75 Å². The number of para-hydroxylation sites is 1. The van der Waals surface area contributed by atoms with Crippen LogP contribution in [-0.2, 0) is 21.2 Å². The second-order valence-corrected chi connectivity index (χ2v) is 12.3. The first-order chi connectivity index (χ1) is 19.4. The molecule has 3 heterocycles. The third-order valence-corrected chi connectivity index (χ3v) is 9.03.